The number of aliphatic carboxylic acids is 1. The number of hydrogen-bond donors (Lipinski definition) is 2. The van der Waals surface area contributed by atoms with E-state index in [4.69, 9.17) is 10.2 Å². The molecule has 0 spiro atoms. The van der Waals surface area contributed by atoms with Crippen molar-refractivity contribution in [2.45, 2.75) is 24.6 Å². The van der Waals surface area contributed by atoms with Gasteiger partial charge < -0.3 is 5.11 Å². The second-order valence-electron chi connectivity index (χ2n) is 5.49. The average Bonchev–Trinajstić information content (AvgIpc) is 2.88. The van der Waals surface area contributed by atoms with Gasteiger partial charge in [-0.15, -0.1) is 0 Å². The van der Waals surface area contributed by atoms with Gasteiger partial charge in [-0.2, -0.15) is 4.37 Å². The molecule has 0 aliphatic carbocycles. The van der Waals surface area contributed by atoms with Gasteiger partial charge in [-0.25, -0.2) is 18.5 Å². The van der Waals surface area contributed by atoms with Gasteiger partial charge in [0, 0.05) is 5.56 Å². The summed E-state index contributed by atoms with van der Waals surface area (Å²) in [5.41, 5.74) is 0.641. The van der Waals surface area contributed by atoms with E-state index in [1.807, 2.05) is 0 Å². The van der Waals surface area contributed by atoms with Crippen LogP contribution in [0.4, 0.5) is 0 Å². The number of carbonyl (C=O) groups is 1. The summed E-state index contributed by atoms with van der Waals surface area (Å²) in [6, 6.07) is 7.00. The number of nitrogens with two attached hydrogens (primary N) is 1. The monoisotopic (exact) mass is 341 g/mol. The maximum Gasteiger partial charge on any atom is 0.309 e. The first kappa shape index (κ1) is 16.5. The Hall–Kier alpha value is -1.84. The SMILES string of the molecule is CC(C)(Cc1ccc(-c2nsc(S(N)(=O)=O)n2)cc1)C(=O)O. The van der Waals surface area contributed by atoms with Gasteiger partial charge in [0.1, 0.15) is 0 Å². The van der Waals surface area contributed by atoms with Crippen molar-refractivity contribution in [2.75, 3.05) is 0 Å². The molecule has 0 aliphatic rings. The second-order valence-corrected chi connectivity index (χ2v) is 7.98. The van der Waals surface area contributed by atoms with Gasteiger partial charge in [0.05, 0.1) is 5.41 Å². The number of carboxylic acids is 1. The lowest BCUT2D eigenvalue weighted by Crippen LogP contribution is -2.26. The highest BCUT2D eigenvalue weighted by Crippen LogP contribution is 2.25. The van der Waals surface area contributed by atoms with Crippen LogP contribution in [-0.2, 0) is 21.2 Å². The van der Waals surface area contributed by atoms with Gasteiger partial charge in [-0.1, -0.05) is 24.3 Å². The predicted molar refractivity (Wildman–Crippen MR) is 81.8 cm³/mol. The zero-order valence-corrected chi connectivity index (χ0v) is 13.6. The maximum absolute atomic E-state index is 11.2. The summed E-state index contributed by atoms with van der Waals surface area (Å²) in [6.07, 6.45) is 0.384. The number of sulfonamides is 1. The standard InChI is InChI=1S/C13H15N3O4S2/c1-13(2,11(17)18)7-8-3-5-9(6-4-8)10-15-12(21-16-10)22(14,19)20/h3-6H,7H2,1-2H3,(H,17,18)(H2,14,19,20). The Morgan fingerprint density at radius 3 is 2.36 bits per heavy atom. The third kappa shape index (κ3) is 3.67. The number of rotatable bonds is 5. The normalized spacial score (nSPS) is 12.3. The summed E-state index contributed by atoms with van der Waals surface area (Å²) in [5, 5.41) is 14.1. The third-order valence-corrected chi connectivity index (χ3v) is 5.10. The summed E-state index contributed by atoms with van der Waals surface area (Å²) in [5.74, 6) is -0.589. The van der Waals surface area contributed by atoms with E-state index in [0.29, 0.717) is 12.0 Å². The van der Waals surface area contributed by atoms with Gasteiger partial charge in [0.2, 0.25) is 4.34 Å². The minimum absolute atomic E-state index is 0.237. The molecule has 0 bridgehead atoms. The van der Waals surface area contributed by atoms with E-state index < -0.39 is 21.4 Å². The van der Waals surface area contributed by atoms with Crippen LogP contribution in [0.3, 0.4) is 0 Å². The Morgan fingerprint density at radius 1 is 1.32 bits per heavy atom. The molecule has 1 aromatic carbocycles. The summed E-state index contributed by atoms with van der Waals surface area (Å²) in [7, 11) is -3.85. The summed E-state index contributed by atoms with van der Waals surface area (Å²) in [6.45, 7) is 3.31. The fourth-order valence-corrected chi connectivity index (χ4v) is 2.98. The van der Waals surface area contributed by atoms with E-state index in [9.17, 15) is 13.2 Å². The van der Waals surface area contributed by atoms with E-state index in [0.717, 1.165) is 17.1 Å². The molecule has 1 heterocycles. The number of benzene rings is 1. The van der Waals surface area contributed by atoms with Crippen LogP contribution in [-0.4, -0.2) is 28.9 Å². The molecular formula is C13H15N3O4S2. The molecule has 0 aliphatic heterocycles. The summed E-state index contributed by atoms with van der Waals surface area (Å²) < 4.78 is 26.1. The van der Waals surface area contributed by atoms with Gasteiger partial charge in [0.25, 0.3) is 10.0 Å². The molecule has 7 nitrogen and oxygen atoms in total. The highest BCUT2D eigenvalue weighted by atomic mass is 32.2. The number of hydrogen-bond acceptors (Lipinski definition) is 6. The fraction of sp³-hybridized carbons (Fsp3) is 0.308. The fourth-order valence-electron chi connectivity index (χ4n) is 1.80. The minimum atomic E-state index is -3.85. The molecule has 0 unspecified atom stereocenters. The Labute approximate surface area is 132 Å². The van der Waals surface area contributed by atoms with Crippen LogP contribution >= 0.6 is 11.5 Å². The first-order valence-corrected chi connectivity index (χ1v) is 8.61. The van der Waals surface area contributed by atoms with E-state index in [1.54, 1.807) is 38.1 Å². The van der Waals surface area contributed by atoms with Crippen molar-refractivity contribution in [3.8, 4) is 11.4 Å². The van der Waals surface area contributed by atoms with Crippen molar-refractivity contribution in [3.05, 3.63) is 29.8 Å². The van der Waals surface area contributed by atoms with E-state index in [1.165, 1.54) is 0 Å². The van der Waals surface area contributed by atoms with Crippen LogP contribution in [0.25, 0.3) is 11.4 Å². The molecule has 0 saturated heterocycles. The Morgan fingerprint density at radius 2 is 1.91 bits per heavy atom. The lowest BCUT2D eigenvalue weighted by atomic mass is 9.86. The lowest BCUT2D eigenvalue weighted by Gasteiger charge is -2.18. The zero-order chi connectivity index (χ0) is 16.5. The van der Waals surface area contributed by atoms with Crippen molar-refractivity contribution in [1.82, 2.24) is 9.36 Å². The van der Waals surface area contributed by atoms with Crippen LogP contribution < -0.4 is 5.14 Å². The molecule has 0 atom stereocenters. The summed E-state index contributed by atoms with van der Waals surface area (Å²) in [4.78, 5) is 15.0. The second kappa shape index (κ2) is 5.75. The smallest absolute Gasteiger partial charge is 0.309 e. The number of aromatic nitrogens is 2. The Balaban J connectivity index is 2.22. The molecule has 0 fully saturated rings. The molecule has 1 aromatic heterocycles. The first-order chi connectivity index (χ1) is 10.1. The topological polar surface area (TPSA) is 123 Å². The van der Waals surface area contributed by atoms with Gasteiger partial charge in [0.15, 0.2) is 5.82 Å². The van der Waals surface area contributed by atoms with Crippen LogP contribution in [0.2, 0.25) is 0 Å². The minimum Gasteiger partial charge on any atom is -0.481 e. The third-order valence-electron chi connectivity index (χ3n) is 3.09. The van der Waals surface area contributed by atoms with Crippen molar-refractivity contribution in [3.63, 3.8) is 0 Å². The molecule has 9 heteroatoms. The Bertz CT molecular complexity index is 795. The van der Waals surface area contributed by atoms with Crippen molar-refractivity contribution in [1.29, 1.82) is 0 Å². The molecule has 22 heavy (non-hydrogen) atoms. The number of nitrogens with zero attached hydrogens (tertiary/aromatic N) is 2. The maximum atomic E-state index is 11.2. The molecule has 3 N–H and O–H groups in total. The molecule has 2 aromatic rings. The highest BCUT2D eigenvalue weighted by molar-refractivity contribution is 7.91. The van der Waals surface area contributed by atoms with Crippen LogP contribution in [0.5, 0.6) is 0 Å². The molecule has 118 valence electrons. The molecule has 0 amide bonds. The largest absolute Gasteiger partial charge is 0.481 e. The summed E-state index contributed by atoms with van der Waals surface area (Å²) >= 11 is 0.718. The van der Waals surface area contributed by atoms with Gasteiger partial charge in [-0.3, -0.25) is 4.79 Å². The molecule has 0 saturated carbocycles. The van der Waals surface area contributed by atoms with Crippen LogP contribution in [0.1, 0.15) is 19.4 Å². The van der Waals surface area contributed by atoms with Crippen molar-refractivity contribution < 1.29 is 18.3 Å². The van der Waals surface area contributed by atoms with Crippen LogP contribution in [0, 0.1) is 5.41 Å². The number of carboxylic acid groups (broad SMARTS) is 1. The molecule has 2 rings (SSSR count). The van der Waals surface area contributed by atoms with Gasteiger partial charge in [-0.05, 0) is 37.4 Å². The van der Waals surface area contributed by atoms with E-state index >= 15 is 0 Å². The predicted octanol–water partition coefficient (Wildman–Crippen LogP) is 1.51. The molecule has 0 radical (unpaired) electrons. The number of primary sulfonamides is 1. The Kier molecular flexibility index (Phi) is 4.32. The van der Waals surface area contributed by atoms with E-state index in [2.05, 4.69) is 9.36 Å². The highest BCUT2D eigenvalue weighted by Gasteiger charge is 2.27. The van der Waals surface area contributed by atoms with Crippen molar-refractivity contribution >= 4 is 27.5 Å². The first-order valence-electron chi connectivity index (χ1n) is 6.29. The zero-order valence-electron chi connectivity index (χ0n) is 12.0. The van der Waals surface area contributed by atoms with E-state index in [-0.39, 0.29) is 10.2 Å². The quantitative estimate of drug-likeness (QED) is 0.849. The average molecular weight is 341 g/mol. The van der Waals surface area contributed by atoms with Crippen LogP contribution in [0.15, 0.2) is 28.6 Å². The molecular weight excluding hydrogens is 326 g/mol. The lowest BCUT2D eigenvalue weighted by molar-refractivity contribution is -0.146. The van der Waals surface area contributed by atoms with Gasteiger partial charge >= 0.3 is 5.97 Å². The van der Waals surface area contributed by atoms with Crippen molar-refractivity contribution in [2.24, 2.45) is 10.6 Å².